The molecule has 0 saturated carbocycles. The fourth-order valence-corrected chi connectivity index (χ4v) is 6.00. The van der Waals surface area contributed by atoms with E-state index in [0.717, 1.165) is 39.8 Å². The fourth-order valence-electron chi connectivity index (χ4n) is 3.19. The summed E-state index contributed by atoms with van der Waals surface area (Å²) < 4.78 is 38.4. The average molecular weight is 482 g/mol. The summed E-state index contributed by atoms with van der Waals surface area (Å²) in [5, 5.41) is 9.99. The van der Waals surface area contributed by atoms with Crippen LogP contribution >= 0.6 is 22.9 Å². The van der Waals surface area contributed by atoms with Crippen molar-refractivity contribution in [3.63, 3.8) is 0 Å². The molecular formula is C21H20ClNO6S2. The van der Waals surface area contributed by atoms with Crippen molar-refractivity contribution in [2.75, 3.05) is 18.9 Å². The molecular weight excluding hydrogens is 462 g/mol. The Hall–Kier alpha value is -2.75. The third kappa shape index (κ3) is 4.63. The van der Waals surface area contributed by atoms with Crippen molar-refractivity contribution in [3.05, 3.63) is 57.4 Å². The number of esters is 1. The summed E-state index contributed by atoms with van der Waals surface area (Å²) in [6.07, 6.45) is 0. The molecule has 3 rings (SSSR count). The van der Waals surface area contributed by atoms with Gasteiger partial charge in [-0.3, -0.25) is 4.72 Å². The van der Waals surface area contributed by atoms with Gasteiger partial charge < -0.3 is 14.6 Å². The van der Waals surface area contributed by atoms with Crippen molar-refractivity contribution >= 4 is 44.6 Å². The van der Waals surface area contributed by atoms with E-state index in [-0.39, 0.29) is 15.5 Å². The van der Waals surface area contributed by atoms with Crippen molar-refractivity contribution < 1.29 is 27.8 Å². The van der Waals surface area contributed by atoms with E-state index in [2.05, 4.69) is 9.46 Å². The zero-order valence-electron chi connectivity index (χ0n) is 17.1. The number of aromatic hydroxyl groups is 1. The maximum Gasteiger partial charge on any atom is 0.341 e. The van der Waals surface area contributed by atoms with E-state index < -0.39 is 21.7 Å². The van der Waals surface area contributed by atoms with Gasteiger partial charge in [0.05, 0.1) is 19.9 Å². The molecule has 0 saturated heterocycles. The first-order valence-electron chi connectivity index (χ1n) is 8.96. The molecule has 0 aliphatic carbocycles. The van der Waals surface area contributed by atoms with Crippen molar-refractivity contribution in [3.8, 4) is 22.6 Å². The minimum absolute atomic E-state index is 0.00941. The molecule has 0 bridgehead atoms. The lowest BCUT2D eigenvalue weighted by atomic mass is 10.0. The van der Waals surface area contributed by atoms with Gasteiger partial charge in [-0.05, 0) is 60.9 Å². The zero-order chi connectivity index (χ0) is 22.9. The molecule has 0 radical (unpaired) electrons. The summed E-state index contributed by atoms with van der Waals surface area (Å²) in [6, 6.07) is 9.03. The van der Waals surface area contributed by atoms with Crippen LogP contribution in [0.4, 0.5) is 5.69 Å². The van der Waals surface area contributed by atoms with Crippen molar-refractivity contribution in [2.24, 2.45) is 0 Å². The fraction of sp³-hybridized carbons (Fsp3) is 0.190. The second-order valence-electron chi connectivity index (χ2n) is 6.73. The predicted molar refractivity (Wildman–Crippen MR) is 121 cm³/mol. The number of aryl methyl sites for hydroxylation is 2. The number of carbonyl (C=O) groups excluding carboxylic acids is 1. The quantitative estimate of drug-likeness (QED) is 0.481. The second-order valence-corrected chi connectivity index (χ2v) is 10.3. The standard InChI is InChI=1S/C21H20ClNO6S2/c1-11-7-13(8-12(2)19(11)28-3)16-10-18(30-20(16)22)31(26,27)23-14-5-6-15(17(24)9-14)21(25)29-4/h5-10,23-24H,1-4H3. The highest BCUT2D eigenvalue weighted by Gasteiger charge is 2.22. The van der Waals surface area contributed by atoms with Crippen LogP contribution in [-0.4, -0.2) is 33.7 Å². The van der Waals surface area contributed by atoms with E-state index in [1.807, 2.05) is 26.0 Å². The summed E-state index contributed by atoms with van der Waals surface area (Å²) in [6.45, 7) is 3.80. The number of rotatable bonds is 6. The normalized spacial score (nSPS) is 11.3. The molecule has 164 valence electrons. The molecule has 0 amide bonds. The molecule has 1 heterocycles. The van der Waals surface area contributed by atoms with Gasteiger partial charge >= 0.3 is 5.97 Å². The highest BCUT2D eigenvalue weighted by molar-refractivity contribution is 7.94. The third-order valence-electron chi connectivity index (χ3n) is 4.56. The Balaban J connectivity index is 1.94. The second kappa shape index (κ2) is 8.78. The molecule has 0 unspecified atom stereocenters. The molecule has 10 heteroatoms. The minimum atomic E-state index is -3.98. The lowest BCUT2D eigenvalue weighted by Crippen LogP contribution is -2.11. The molecule has 2 N–H and O–H groups in total. The molecule has 3 aromatic rings. The molecule has 0 aliphatic heterocycles. The smallest absolute Gasteiger partial charge is 0.341 e. The lowest BCUT2D eigenvalue weighted by Gasteiger charge is -2.11. The number of hydrogen-bond donors (Lipinski definition) is 2. The van der Waals surface area contributed by atoms with Gasteiger partial charge in [-0.2, -0.15) is 0 Å². The first-order valence-corrected chi connectivity index (χ1v) is 11.6. The molecule has 0 fully saturated rings. The SMILES string of the molecule is COC(=O)c1ccc(NS(=O)(=O)c2cc(-c3cc(C)c(OC)c(C)c3)c(Cl)s2)cc1O. The molecule has 2 aromatic carbocycles. The number of anilines is 1. The number of nitrogens with one attached hydrogen (secondary N) is 1. The van der Waals surface area contributed by atoms with Crippen LogP contribution in [-0.2, 0) is 14.8 Å². The predicted octanol–water partition coefficient (Wildman–Crippen LogP) is 4.99. The third-order valence-corrected chi connectivity index (χ3v) is 7.77. The van der Waals surface area contributed by atoms with Crippen molar-refractivity contribution in [1.29, 1.82) is 0 Å². The van der Waals surface area contributed by atoms with Crippen LogP contribution in [0.15, 0.2) is 40.6 Å². The van der Waals surface area contributed by atoms with Crippen LogP contribution in [0.1, 0.15) is 21.5 Å². The summed E-state index contributed by atoms with van der Waals surface area (Å²) in [5.74, 6) is -0.368. The number of thiophene rings is 1. The number of phenolic OH excluding ortho intramolecular Hbond substituents is 1. The van der Waals surface area contributed by atoms with E-state index in [4.69, 9.17) is 16.3 Å². The van der Waals surface area contributed by atoms with Gasteiger partial charge in [0.2, 0.25) is 0 Å². The number of benzene rings is 2. The average Bonchev–Trinajstić information content (AvgIpc) is 3.09. The zero-order valence-corrected chi connectivity index (χ0v) is 19.5. The van der Waals surface area contributed by atoms with Crippen molar-refractivity contribution in [2.45, 2.75) is 18.1 Å². The van der Waals surface area contributed by atoms with Crippen LogP contribution in [0.25, 0.3) is 11.1 Å². The first kappa shape index (κ1) is 22.9. The van der Waals surface area contributed by atoms with E-state index in [1.165, 1.54) is 25.3 Å². The van der Waals surface area contributed by atoms with Gasteiger partial charge in [-0.15, -0.1) is 11.3 Å². The molecule has 0 spiro atoms. The molecule has 7 nitrogen and oxygen atoms in total. The maximum atomic E-state index is 12.9. The Labute approximate surface area is 189 Å². The lowest BCUT2D eigenvalue weighted by molar-refractivity contribution is 0.0597. The Bertz CT molecular complexity index is 1240. The minimum Gasteiger partial charge on any atom is -0.507 e. The summed E-state index contributed by atoms with van der Waals surface area (Å²) in [4.78, 5) is 11.6. The van der Waals surface area contributed by atoms with Gasteiger partial charge in [0, 0.05) is 11.6 Å². The van der Waals surface area contributed by atoms with Crippen LogP contribution in [0, 0.1) is 13.8 Å². The number of carbonyl (C=O) groups is 1. The number of hydrogen-bond acceptors (Lipinski definition) is 7. The van der Waals surface area contributed by atoms with E-state index in [9.17, 15) is 18.3 Å². The molecule has 0 atom stereocenters. The topological polar surface area (TPSA) is 102 Å². The highest BCUT2D eigenvalue weighted by Crippen LogP contribution is 2.40. The molecule has 1 aromatic heterocycles. The first-order chi connectivity index (χ1) is 14.6. The highest BCUT2D eigenvalue weighted by atomic mass is 35.5. The summed E-state index contributed by atoms with van der Waals surface area (Å²) in [5.41, 5.74) is 3.19. The van der Waals surface area contributed by atoms with Crippen LogP contribution in [0.5, 0.6) is 11.5 Å². The van der Waals surface area contributed by atoms with Gasteiger partial charge in [-0.25, -0.2) is 13.2 Å². The van der Waals surface area contributed by atoms with E-state index in [0.29, 0.717) is 9.90 Å². The summed E-state index contributed by atoms with van der Waals surface area (Å²) in [7, 11) is -1.20. The van der Waals surface area contributed by atoms with Gasteiger partial charge in [-0.1, -0.05) is 11.6 Å². The Morgan fingerprint density at radius 3 is 2.29 bits per heavy atom. The van der Waals surface area contributed by atoms with Crippen LogP contribution in [0.2, 0.25) is 4.34 Å². The Morgan fingerprint density at radius 1 is 1.10 bits per heavy atom. The van der Waals surface area contributed by atoms with Gasteiger partial charge in [0.25, 0.3) is 10.0 Å². The Kier molecular flexibility index (Phi) is 6.49. The van der Waals surface area contributed by atoms with E-state index >= 15 is 0 Å². The number of halogens is 1. The van der Waals surface area contributed by atoms with Gasteiger partial charge in [0.15, 0.2) is 0 Å². The maximum absolute atomic E-state index is 12.9. The molecule has 0 aliphatic rings. The van der Waals surface area contributed by atoms with Gasteiger partial charge in [0.1, 0.15) is 25.6 Å². The van der Waals surface area contributed by atoms with Crippen molar-refractivity contribution in [1.82, 2.24) is 0 Å². The number of methoxy groups -OCH3 is 2. The number of sulfonamides is 1. The van der Waals surface area contributed by atoms with E-state index in [1.54, 1.807) is 7.11 Å². The molecule has 31 heavy (non-hydrogen) atoms. The Morgan fingerprint density at radius 2 is 1.74 bits per heavy atom. The van der Waals surface area contributed by atoms with Crippen LogP contribution < -0.4 is 9.46 Å². The largest absolute Gasteiger partial charge is 0.507 e. The summed E-state index contributed by atoms with van der Waals surface area (Å²) >= 11 is 7.29. The monoisotopic (exact) mass is 481 g/mol. The number of phenols is 1. The number of ether oxygens (including phenoxy) is 2. The van der Waals surface area contributed by atoms with Crippen LogP contribution in [0.3, 0.4) is 0 Å².